The molecule has 2 unspecified atom stereocenters. The number of anilines is 1. The highest BCUT2D eigenvalue weighted by molar-refractivity contribution is 6.33. The molecule has 0 amide bonds. The highest BCUT2D eigenvalue weighted by Crippen LogP contribution is 2.31. The van der Waals surface area contributed by atoms with Crippen molar-refractivity contribution >= 4 is 17.3 Å². The van der Waals surface area contributed by atoms with Crippen LogP contribution in [-0.2, 0) is 0 Å². The standard InChI is InChI=1S/C16H20ClN3/c17-14-5-1-2-6-16(14)20-10-8-19(9-11-20)15-7-3-4-13(15)12-18/h1-2,5-6,13,15H,3-4,7-11H2. The summed E-state index contributed by atoms with van der Waals surface area (Å²) >= 11 is 6.27. The number of hydrogen-bond donors (Lipinski definition) is 0. The second kappa shape index (κ2) is 6.03. The Hall–Kier alpha value is -1.24. The zero-order valence-corrected chi connectivity index (χ0v) is 12.4. The molecule has 1 saturated carbocycles. The second-order valence-electron chi connectivity index (χ2n) is 5.71. The number of para-hydroxylation sites is 1. The first-order valence-electron chi connectivity index (χ1n) is 7.43. The number of halogens is 1. The number of nitriles is 1. The van der Waals surface area contributed by atoms with Gasteiger partial charge >= 0.3 is 0 Å². The van der Waals surface area contributed by atoms with Gasteiger partial charge < -0.3 is 4.90 Å². The van der Waals surface area contributed by atoms with Gasteiger partial charge in [-0.25, -0.2) is 0 Å². The Bertz CT molecular complexity index is 503. The normalized spacial score (nSPS) is 27.5. The van der Waals surface area contributed by atoms with Crippen LogP contribution in [0.5, 0.6) is 0 Å². The Morgan fingerprint density at radius 3 is 2.55 bits per heavy atom. The van der Waals surface area contributed by atoms with Crippen LogP contribution in [0.2, 0.25) is 5.02 Å². The number of hydrogen-bond acceptors (Lipinski definition) is 3. The van der Waals surface area contributed by atoms with Crippen molar-refractivity contribution in [2.45, 2.75) is 25.3 Å². The lowest BCUT2D eigenvalue weighted by atomic mass is 10.0. The second-order valence-corrected chi connectivity index (χ2v) is 6.12. The van der Waals surface area contributed by atoms with Crippen LogP contribution in [0.4, 0.5) is 5.69 Å². The molecule has 2 fully saturated rings. The first-order chi connectivity index (χ1) is 9.79. The van der Waals surface area contributed by atoms with Gasteiger partial charge in [-0.2, -0.15) is 5.26 Å². The summed E-state index contributed by atoms with van der Waals surface area (Å²) in [4.78, 5) is 4.86. The molecule has 3 nitrogen and oxygen atoms in total. The van der Waals surface area contributed by atoms with E-state index in [0.29, 0.717) is 6.04 Å². The van der Waals surface area contributed by atoms with E-state index < -0.39 is 0 Å². The minimum atomic E-state index is 0.238. The smallest absolute Gasteiger partial charge is 0.0672 e. The maximum absolute atomic E-state index is 9.23. The molecule has 4 heteroatoms. The van der Waals surface area contributed by atoms with Gasteiger partial charge in [0.2, 0.25) is 0 Å². The molecule has 106 valence electrons. The lowest BCUT2D eigenvalue weighted by Gasteiger charge is -2.40. The van der Waals surface area contributed by atoms with E-state index in [-0.39, 0.29) is 5.92 Å². The largest absolute Gasteiger partial charge is 0.368 e. The van der Waals surface area contributed by atoms with Crippen LogP contribution in [0.3, 0.4) is 0 Å². The Kier molecular flexibility index (Phi) is 4.14. The summed E-state index contributed by atoms with van der Waals surface area (Å²) in [5, 5.41) is 10.1. The van der Waals surface area contributed by atoms with E-state index in [1.165, 1.54) is 12.8 Å². The molecule has 1 saturated heterocycles. The van der Waals surface area contributed by atoms with Crippen molar-refractivity contribution < 1.29 is 0 Å². The minimum absolute atomic E-state index is 0.238. The first-order valence-corrected chi connectivity index (χ1v) is 7.80. The molecule has 0 radical (unpaired) electrons. The summed E-state index contributed by atoms with van der Waals surface area (Å²) in [7, 11) is 0. The Morgan fingerprint density at radius 1 is 1.10 bits per heavy atom. The van der Waals surface area contributed by atoms with Crippen molar-refractivity contribution in [1.29, 1.82) is 5.26 Å². The third kappa shape index (κ3) is 2.63. The number of nitrogens with zero attached hydrogens (tertiary/aromatic N) is 3. The highest BCUT2D eigenvalue weighted by Gasteiger charge is 2.33. The Morgan fingerprint density at radius 2 is 1.85 bits per heavy atom. The van der Waals surface area contributed by atoms with E-state index in [0.717, 1.165) is 43.3 Å². The summed E-state index contributed by atoms with van der Waals surface area (Å²) in [6, 6.07) is 11.0. The van der Waals surface area contributed by atoms with E-state index in [1.54, 1.807) is 0 Å². The van der Waals surface area contributed by atoms with Crippen LogP contribution in [-0.4, -0.2) is 37.1 Å². The molecule has 1 aromatic rings. The maximum Gasteiger partial charge on any atom is 0.0672 e. The van der Waals surface area contributed by atoms with Gasteiger partial charge in [0, 0.05) is 32.2 Å². The van der Waals surface area contributed by atoms with E-state index in [2.05, 4.69) is 21.9 Å². The number of rotatable bonds is 2. The molecule has 2 aliphatic rings. The molecule has 1 heterocycles. The number of benzene rings is 1. The van der Waals surface area contributed by atoms with Gasteiger partial charge in [0.25, 0.3) is 0 Å². The molecule has 0 spiro atoms. The van der Waals surface area contributed by atoms with E-state index >= 15 is 0 Å². The zero-order chi connectivity index (χ0) is 13.9. The molecule has 2 atom stereocenters. The molecule has 0 N–H and O–H groups in total. The predicted molar refractivity (Wildman–Crippen MR) is 82.0 cm³/mol. The summed E-state index contributed by atoms with van der Waals surface area (Å²) in [6.45, 7) is 4.07. The van der Waals surface area contributed by atoms with Gasteiger partial charge in [-0.1, -0.05) is 30.2 Å². The van der Waals surface area contributed by atoms with Crippen LogP contribution < -0.4 is 4.90 Å². The van der Waals surface area contributed by atoms with Crippen molar-refractivity contribution in [3.63, 3.8) is 0 Å². The summed E-state index contributed by atoms with van der Waals surface area (Å²) < 4.78 is 0. The monoisotopic (exact) mass is 289 g/mol. The molecule has 3 rings (SSSR count). The minimum Gasteiger partial charge on any atom is -0.368 e. The van der Waals surface area contributed by atoms with Crippen LogP contribution in [0.15, 0.2) is 24.3 Å². The SMILES string of the molecule is N#CC1CCCC1N1CCN(c2ccccc2Cl)CC1. The van der Waals surface area contributed by atoms with Crippen LogP contribution >= 0.6 is 11.6 Å². The summed E-state index contributed by atoms with van der Waals surface area (Å²) in [6.07, 6.45) is 3.46. The van der Waals surface area contributed by atoms with Crippen molar-refractivity contribution in [1.82, 2.24) is 4.90 Å². The van der Waals surface area contributed by atoms with Crippen molar-refractivity contribution in [3.05, 3.63) is 29.3 Å². The van der Waals surface area contributed by atoms with Crippen molar-refractivity contribution in [3.8, 4) is 6.07 Å². The van der Waals surface area contributed by atoms with Gasteiger partial charge in [-0.05, 0) is 25.0 Å². The maximum atomic E-state index is 9.23. The highest BCUT2D eigenvalue weighted by atomic mass is 35.5. The van der Waals surface area contributed by atoms with Crippen molar-refractivity contribution in [2.75, 3.05) is 31.1 Å². The average molecular weight is 290 g/mol. The lowest BCUT2D eigenvalue weighted by Crippen LogP contribution is -2.51. The third-order valence-electron chi connectivity index (χ3n) is 4.62. The molecule has 1 aliphatic heterocycles. The van der Waals surface area contributed by atoms with Crippen LogP contribution in [0.25, 0.3) is 0 Å². The van der Waals surface area contributed by atoms with Gasteiger partial charge in [0.15, 0.2) is 0 Å². The number of piperazine rings is 1. The van der Waals surface area contributed by atoms with Crippen molar-refractivity contribution in [2.24, 2.45) is 5.92 Å². The van der Waals surface area contributed by atoms with E-state index in [9.17, 15) is 5.26 Å². The van der Waals surface area contributed by atoms with E-state index in [4.69, 9.17) is 11.6 Å². The fraction of sp³-hybridized carbons (Fsp3) is 0.562. The molecule has 1 aliphatic carbocycles. The summed E-state index contributed by atoms with van der Waals surface area (Å²) in [5.41, 5.74) is 1.14. The molecular formula is C16H20ClN3. The van der Waals surface area contributed by atoms with E-state index in [1.807, 2.05) is 18.2 Å². The first kappa shape index (κ1) is 13.7. The molecule has 0 bridgehead atoms. The predicted octanol–water partition coefficient (Wildman–Crippen LogP) is 3.15. The third-order valence-corrected chi connectivity index (χ3v) is 4.94. The Balaban J connectivity index is 1.63. The molecule has 20 heavy (non-hydrogen) atoms. The quantitative estimate of drug-likeness (QED) is 0.838. The molecule has 0 aromatic heterocycles. The van der Waals surface area contributed by atoms with Gasteiger partial charge in [-0.15, -0.1) is 0 Å². The summed E-state index contributed by atoms with van der Waals surface area (Å²) in [5.74, 6) is 0.238. The van der Waals surface area contributed by atoms with Gasteiger partial charge in [0.1, 0.15) is 0 Å². The molecular weight excluding hydrogens is 270 g/mol. The zero-order valence-electron chi connectivity index (χ0n) is 11.6. The van der Waals surface area contributed by atoms with Crippen LogP contribution in [0, 0.1) is 17.2 Å². The van der Waals surface area contributed by atoms with Gasteiger partial charge in [0.05, 0.1) is 22.7 Å². The molecule has 1 aromatic carbocycles. The van der Waals surface area contributed by atoms with Crippen LogP contribution in [0.1, 0.15) is 19.3 Å². The lowest BCUT2D eigenvalue weighted by molar-refractivity contribution is 0.168. The topological polar surface area (TPSA) is 30.3 Å². The Labute approximate surface area is 125 Å². The van der Waals surface area contributed by atoms with Gasteiger partial charge in [-0.3, -0.25) is 4.90 Å². The average Bonchev–Trinajstić information content (AvgIpc) is 2.96. The fourth-order valence-electron chi connectivity index (χ4n) is 3.53. The fourth-order valence-corrected chi connectivity index (χ4v) is 3.79.